The first kappa shape index (κ1) is 14.1. The summed E-state index contributed by atoms with van der Waals surface area (Å²) in [7, 11) is 0. The Labute approximate surface area is 116 Å². The van der Waals surface area contributed by atoms with Gasteiger partial charge in [0, 0.05) is 18.7 Å². The number of nitrogens with zero attached hydrogens (tertiary/aromatic N) is 1. The maximum absolute atomic E-state index is 12.3. The minimum atomic E-state index is -0.220. The topological polar surface area (TPSA) is 78.9 Å². The van der Waals surface area contributed by atoms with Crippen LogP contribution in [0.5, 0.6) is 5.75 Å². The van der Waals surface area contributed by atoms with Crippen LogP contribution in [0.2, 0.25) is 0 Å². The van der Waals surface area contributed by atoms with Crippen LogP contribution in [0.1, 0.15) is 10.4 Å². The van der Waals surface area contributed by atoms with Gasteiger partial charge in [-0.1, -0.05) is 6.08 Å². The summed E-state index contributed by atoms with van der Waals surface area (Å²) in [6.07, 6.45) is 1.60. The number of aliphatic hydroxyl groups excluding tert-OH is 1. The quantitative estimate of drug-likeness (QED) is 0.773. The highest BCUT2D eigenvalue weighted by Crippen LogP contribution is 2.28. The molecule has 0 aromatic heterocycles. The molecule has 1 aromatic rings. The number of ether oxygens (including phenoxy) is 1. The molecule has 2 rings (SSSR count). The van der Waals surface area contributed by atoms with Crippen molar-refractivity contribution in [3.63, 3.8) is 0 Å². The Morgan fingerprint density at radius 1 is 1.55 bits per heavy atom. The van der Waals surface area contributed by atoms with Gasteiger partial charge in [-0.15, -0.1) is 6.58 Å². The van der Waals surface area contributed by atoms with E-state index in [0.717, 1.165) is 0 Å². The Kier molecular flexibility index (Phi) is 4.37. The molecule has 20 heavy (non-hydrogen) atoms. The second-order valence-corrected chi connectivity index (χ2v) is 4.31. The molecule has 0 bridgehead atoms. The summed E-state index contributed by atoms with van der Waals surface area (Å²) >= 11 is 0. The lowest BCUT2D eigenvalue weighted by Gasteiger charge is -2.22. The predicted molar refractivity (Wildman–Crippen MR) is 73.8 cm³/mol. The fourth-order valence-corrected chi connectivity index (χ4v) is 1.94. The molecule has 1 heterocycles. The van der Waals surface area contributed by atoms with Gasteiger partial charge in [0.25, 0.3) is 11.8 Å². The molecule has 0 saturated heterocycles. The molecule has 6 heteroatoms. The van der Waals surface area contributed by atoms with Gasteiger partial charge in [-0.25, -0.2) is 0 Å². The first-order chi connectivity index (χ1) is 9.65. The summed E-state index contributed by atoms with van der Waals surface area (Å²) in [5.41, 5.74) is 0.991. The second kappa shape index (κ2) is 6.21. The molecule has 0 spiro atoms. The molecule has 2 amide bonds. The maximum atomic E-state index is 12.3. The molecule has 0 fully saturated rings. The van der Waals surface area contributed by atoms with Crippen LogP contribution in [-0.4, -0.2) is 48.1 Å². The van der Waals surface area contributed by atoms with E-state index in [1.807, 2.05) is 0 Å². The number of anilines is 1. The first-order valence-electron chi connectivity index (χ1n) is 6.23. The van der Waals surface area contributed by atoms with Crippen LogP contribution >= 0.6 is 0 Å². The van der Waals surface area contributed by atoms with Gasteiger partial charge in [-0.2, -0.15) is 0 Å². The van der Waals surface area contributed by atoms with Crippen LogP contribution in [0.3, 0.4) is 0 Å². The predicted octanol–water partition coefficient (Wildman–Crippen LogP) is 0.638. The lowest BCUT2D eigenvalue weighted by atomic mass is 10.1. The van der Waals surface area contributed by atoms with Crippen molar-refractivity contribution >= 4 is 17.5 Å². The highest BCUT2D eigenvalue weighted by molar-refractivity contribution is 5.99. The van der Waals surface area contributed by atoms with Crippen LogP contribution in [0, 0.1) is 0 Å². The Morgan fingerprint density at radius 2 is 2.35 bits per heavy atom. The lowest BCUT2D eigenvalue weighted by Crippen LogP contribution is -2.34. The molecule has 2 N–H and O–H groups in total. The third-order valence-corrected chi connectivity index (χ3v) is 2.87. The van der Waals surface area contributed by atoms with Crippen LogP contribution in [0.25, 0.3) is 0 Å². The van der Waals surface area contributed by atoms with Gasteiger partial charge in [0.05, 0.1) is 12.3 Å². The molecular weight excluding hydrogens is 260 g/mol. The third-order valence-electron chi connectivity index (χ3n) is 2.87. The van der Waals surface area contributed by atoms with Crippen molar-refractivity contribution in [3.8, 4) is 5.75 Å². The van der Waals surface area contributed by atoms with Gasteiger partial charge < -0.3 is 20.1 Å². The molecule has 0 saturated carbocycles. The standard InChI is InChI=1S/C14H16N2O4/c1-2-5-16(6-7-17)14(19)10-3-4-11-12(8-10)20-9-13(18)15-11/h2-4,8,17H,1,5-7,9H2,(H,15,18). The number of hydrogen-bond donors (Lipinski definition) is 2. The third kappa shape index (κ3) is 2.97. The molecule has 1 aliphatic heterocycles. The Balaban J connectivity index is 2.22. The van der Waals surface area contributed by atoms with E-state index in [2.05, 4.69) is 11.9 Å². The smallest absolute Gasteiger partial charge is 0.262 e. The molecule has 1 aromatic carbocycles. The largest absolute Gasteiger partial charge is 0.482 e. The average molecular weight is 276 g/mol. The minimum Gasteiger partial charge on any atom is -0.482 e. The van der Waals surface area contributed by atoms with Crippen molar-refractivity contribution in [1.82, 2.24) is 4.90 Å². The number of hydrogen-bond acceptors (Lipinski definition) is 4. The van der Waals surface area contributed by atoms with Gasteiger partial charge in [0.15, 0.2) is 6.61 Å². The molecule has 6 nitrogen and oxygen atoms in total. The Bertz CT molecular complexity index is 542. The van der Waals surface area contributed by atoms with E-state index < -0.39 is 0 Å². The number of fused-ring (bicyclic) bond motifs is 1. The van der Waals surface area contributed by atoms with Gasteiger partial charge in [0.2, 0.25) is 0 Å². The van der Waals surface area contributed by atoms with Crippen molar-refractivity contribution in [2.75, 3.05) is 31.6 Å². The number of rotatable bonds is 5. The normalized spacial score (nSPS) is 12.9. The molecule has 0 aliphatic carbocycles. The highest BCUT2D eigenvalue weighted by Gasteiger charge is 2.20. The SMILES string of the molecule is C=CCN(CCO)C(=O)c1ccc2c(c1)OCC(=O)N2. The van der Waals surface area contributed by atoms with Crippen LogP contribution < -0.4 is 10.1 Å². The number of aliphatic hydroxyl groups is 1. The second-order valence-electron chi connectivity index (χ2n) is 4.31. The lowest BCUT2D eigenvalue weighted by molar-refractivity contribution is -0.118. The Hall–Kier alpha value is -2.34. The number of carbonyl (C=O) groups is 2. The van der Waals surface area contributed by atoms with Gasteiger partial charge in [-0.3, -0.25) is 9.59 Å². The molecule has 0 radical (unpaired) electrons. The Morgan fingerprint density at radius 3 is 3.05 bits per heavy atom. The zero-order valence-electron chi connectivity index (χ0n) is 11.0. The molecule has 0 unspecified atom stereocenters. The van der Waals surface area contributed by atoms with Crippen LogP contribution in [0.15, 0.2) is 30.9 Å². The van der Waals surface area contributed by atoms with Gasteiger partial charge >= 0.3 is 0 Å². The van der Waals surface area contributed by atoms with E-state index in [9.17, 15) is 9.59 Å². The number of nitrogens with one attached hydrogen (secondary N) is 1. The maximum Gasteiger partial charge on any atom is 0.262 e. The van der Waals surface area contributed by atoms with Crippen molar-refractivity contribution in [2.45, 2.75) is 0 Å². The minimum absolute atomic E-state index is 0.0579. The number of benzene rings is 1. The van der Waals surface area contributed by atoms with E-state index in [1.54, 1.807) is 24.3 Å². The number of amides is 2. The summed E-state index contributed by atoms with van der Waals surface area (Å²) in [4.78, 5) is 25.0. The summed E-state index contributed by atoms with van der Waals surface area (Å²) in [6, 6.07) is 4.83. The number of carbonyl (C=O) groups excluding carboxylic acids is 2. The molecule has 106 valence electrons. The molecular formula is C14H16N2O4. The molecule has 1 aliphatic rings. The van der Waals surface area contributed by atoms with Crippen molar-refractivity contribution in [3.05, 3.63) is 36.4 Å². The first-order valence-corrected chi connectivity index (χ1v) is 6.23. The summed E-state index contributed by atoms with van der Waals surface area (Å²) < 4.78 is 5.27. The summed E-state index contributed by atoms with van der Waals surface area (Å²) in [6.45, 7) is 4.01. The summed E-state index contributed by atoms with van der Waals surface area (Å²) in [5, 5.41) is 11.6. The zero-order valence-corrected chi connectivity index (χ0v) is 11.0. The van der Waals surface area contributed by atoms with E-state index >= 15 is 0 Å². The van der Waals surface area contributed by atoms with Gasteiger partial charge in [-0.05, 0) is 18.2 Å². The molecule has 0 atom stereocenters. The van der Waals surface area contributed by atoms with E-state index in [4.69, 9.17) is 9.84 Å². The van der Waals surface area contributed by atoms with Crippen LogP contribution in [-0.2, 0) is 4.79 Å². The summed E-state index contributed by atoms with van der Waals surface area (Å²) in [5.74, 6) is 0.0328. The monoisotopic (exact) mass is 276 g/mol. The average Bonchev–Trinajstić information content (AvgIpc) is 2.45. The van der Waals surface area contributed by atoms with Crippen molar-refractivity contribution in [1.29, 1.82) is 0 Å². The van der Waals surface area contributed by atoms with E-state index in [1.165, 1.54) is 4.90 Å². The van der Waals surface area contributed by atoms with E-state index in [0.29, 0.717) is 23.5 Å². The highest BCUT2D eigenvalue weighted by atomic mass is 16.5. The fourth-order valence-electron chi connectivity index (χ4n) is 1.94. The van der Waals surface area contributed by atoms with Crippen molar-refractivity contribution < 1.29 is 19.4 Å². The van der Waals surface area contributed by atoms with Crippen molar-refractivity contribution in [2.24, 2.45) is 0 Å². The fraction of sp³-hybridized carbons (Fsp3) is 0.286. The zero-order chi connectivity index (χ0) is 14.5. The van der Waals surface area contributed by atoms with Crippen LogP contribution in [0.4, 0.5) is 5.69 Å². The van der Waals surface area contributed by atoms with Gasteiger partial charge in [0.1, 0.15) is 5.75 Å². The van der Waals surface area contributed by atoms with E-state index in [-0.39, 0.29) is 31.6 Å².